The van der Waals surface area contributed by atoms with Crippen molar-refractivity contribution in [2.24, 2.45) is 5.73 Å². The monoisotopic (exact) mass is 325 g/mol. The number of methoxy groups -OCH3 is 1. The number of amides is 1. The van der Waals surface area contributed by atoms with Gasteiger partial charge in [0.15, 0.2) is 0 Å². The lowest BCUT2D eigenvalue weighted by Gasteiger charge is -2.38. The number of nitro groups is 1. The smallest absolute Gasteiger partial charge is 0.304 e. The molecular formula is C15H20FN3O4. The zero-order valence-electron chi connectivity index (χ0n) is 13.3. The molecule has 126 valence electrons. The molecule has 0 aliphatic carbocycles. The predicted octanol–water partition coefficient (Wildman–Crippen LogP) is 2.07. The highest BCUT2D eigenvalue weighted by atomic mass is 19.1. The Balaban J connectivity index is 0.000000463. The van der Waals surface area contributed by atoms with Crippen LogP contribution in [0.25, 0.3) is 0 Å². The van der Waals surface area contributed by atoms with Crippen LogP contribution in [-0.2, 0) is 4.74 Å². The van der Waals surface area contributed by atoms with Crippen molar-refractivity contribution in [1.29, 1.82) is 0 Å². The number of carbonyl (C=O) groups is 1. The lowest BCUT2D eigenvalue weighted by molar-refractivity contribution is -0.387. The molecule has 0 spiro atoms. The Hall–Kier alpha value is -2.48. The fourth-order valence-corrected chi connectivity index (χ4v) is 1.72. The molecule has 1 heterocycles. The van der Waals surface area contributed by atoms with Crippen LogP contribution in [0.3, 0.4) is 0 Å². The van der Waals surface area contributed by atoms with Crippen molar-refractivity contribution in [3.8, 4) is 0 Å². The van der Waals surface area contributed by atoms with Gasteiger partial charge < -0.3 is 15.4 Å². The summed E-state index contributed by atoms with van der Waals surface area (Å²) >= 11 is 0. The summed E-state index contributed by atoms with van der Waals surface area (Å²) in [5, 5.41) is 10.4. The van der Waals surface area contributed by atoms with E-state index in [0.29, 0.717) is 13.1 Å². The summed E-state index contributed by atoms with van der Waals surface area (Å²) in [4.78, 5) is 23.0. The SMILES string of the molecule is C/C=C(\C)N.COC1CN(C(=O)c2ccc([N+](=O)[O-])c(F)c2)C1. The number of carbonyl (C=O) groups excluding carboxylic acids is 1. The minimum atomic E-state index is -1.00. The molecule has 0 aromatic heterocycles. The Morgan fingerprint density at radius 1 is 1.52 bits per heavy atom. The van der Waals surface area contributed by atoms with E-state index in [2.05, 4.69) is 0 Å². The standard InChI is InChI=1S/C11H11FN2O4.C4H9N/c1-18-8-5-13(6-8)11(15)7-2-3-10(14(16)17)9(12)4-7;1-3-4(2)5/h2-4,8H,5-6H2,1H3;3H,5H2,1-2H3/b;4-3+. The molecule has 0 atom stereocenters. The normalized spacial score (nSPS) is 14.6. The molecule has 1 fully saturated rings. The number of likely N-dealkylation sites (tertiary alicyclic amines) is 1. The summed E-state index contributed by atoms with van der Waals surface area (Å²) in [5.41, 5.74) is 5.50. The number of nitrogens with two attached hydrogens (primary N) is 1. The minimum Gasteiger partial charge on any atom is -0.403 e. The third-order valence-electron chi connectivity index (χ3n) is 3.32. The van der Waals surface area contributed by atoms with Gasteiger partial charge in [0, 0.05) is 37.5 Å². The molecule has 7 nitrogen and oxygen atoms in total. The van der Waals surface area contributed by atoms with Gasteiger partial charge in [-0.15, -0.1) is 0 Å². The van der Waals surface area contributed by atoms with Crippen molar-refractivity contribution < 1.29 is 18.8 Å². The molecule has 1 aromatic carbocycles. The molecule has 8 heteroatoms. The van der Waals surface area contributed by atoms with E-state index in [1.165, 1.54) is 11.0 Å². The first-order chi connectivity index (χ1) is 10.8. The number of nitrogens with zero attached hydrogens (tertiary/aromatic N) is 2. The number of halogens is 1. The van der Waals surface area contributed by atoms with E-state index in [1.807, 2.05) is 19.9 Å². The predicted molar refractivity (Wildman–Crippen MR) is 83.4 cm³/mol. The topological polar surface area (TPSA) is 98.7 Å². The van der Waals surface area contributed by atoms with Crippen LogP contribution in [0.15, 0.2) is 30.0 Å². The summed E-state index contributed by atoms with van der Waals surface area (Å²) in [7, 11) is 1.55. The molecule has 1 saturated heterocycles. The van der Waals surface area contributed by atoms with Gasteiger partial charge >= 0.3 is 5.69 Å². The number of benzene rings is 1. The average Bonchev–Trinajstić information content (AvgIpc) is 2.46. The second-order valence-electron chi connectivity index (χ2n) is 5.02. The summed E-state index contributed by atoms with van der Waals surface area (Å²) in [6.07, 6.45) is 1.87. The van der Waals surface area contributed by atoms with E-state index < -0.39 is 16.4 Å². The van der Waals surface area contributed by atoms with E-state index in [0.717, 1.165) is 17.8 Å². The Kier molecular flexibility index (Phi) is 6.65. The zero-order valence-corrected chi connectivity index (χ0v) is 13.3. The van der Waals surface area contributed by atoms with E-state index >= 15 is 0 Å². The molecule has 2 rings (SSSR count). The highest BCUT2D eigenvalue weighted by molar-refractivity contribution is 5.95. The molecular weight excluding hydrogens is 305 g/mol. The van der Waals surface area contributed by atoms with Gasteiger partial charge in [0.25, 0.3) is 5.91 Å². The maximum Gasteiger partial charge on any atom is 0.304 e. The lowest BCUT2D eigenvalue weighted by atomic mass is 10.1. The van der Waals surface area contributed by atoms with Crippen LogP contribution in [0.5, 0.6) is 0 Å². The van der Waals surface area contributed by atoms with Crippen LogP contribution in [0.1, 0.15) is 24.2 Å². The van der Waals surface area contributed by atoms with E-state index in [1.54, 1.807) is 7.11 Å². The number of nitro benzene ring substituents is 1. The van der Waals surface area contributed by atoms with E-state index in [4.69, 9.17) is 10.5 Å². The van der Waals surface area contributed by atoms with Crippen LogP contribution in [-0.4, -0.2) is 42.0 Å². The van der Waals surface area contributed by atoms with E-state index in [9.17, 15) is 19.3 Å². The van der Waals surface area contributed by atoms with Crippen molar-refractivity contribution in [2.45, 2.75) is 20.0 Å². The molecule has 1 aliphatic heterocycles. The largest absolute Gasteiger partial charge is 0.403 e. The maximum absolute atomic E-state index is 13.4. The van der Waals surface area contributed by atoms with Crippen molar-refractivity contribution in [2.75, 3.05) is 20.2 Å². The van der Waals surface area contributed by atoms with Gasteiger partial charge in [-0.25, -0.2) is 0 Å². The zero-order chi connectivity index (χ0) is 17.6. The molecule has 1 aromatic rings. The first-order valence-corrected chi connectivity index (χ1v) is 6.94. The molecule has 1 amide bonds. The fraction of sp³-hybridized carbons (Fsp3) is 0.400. The lowest BCUT2D eigenvalue weighted by Crippen LogP contribution is -2.54. The Morgan fingerprint density at radius 3 is 2.48 bits per heavy atom. The van der Waals surface area contributed by atoms with Crippen LogP contribution >= 0.6 is 0 Å². The summed E-state index contributed by atoms with van der Waals surface area (Å²) in [5.74, 6) is -1.35. The quantitative estimate of drug-likeness (QED) is 0.677. The number of hydrogen-bond acceptors (Lipinski definition) is 5. The number of ether oxygens (including phenoxy) is 1. The number of rotatable bonds is 3. The van der Waals surface area contributed by atoms with Gasteiger partial charge in [-0.05, 0) is 26.0 Å². The minimum absolute atomic E-state index is 0.0110. The highest BCUT2D eigenvalue weighted by Crippen LogP contribution is 2.21. The van der Waals surface area contributed by atoms with Gasteiger partial charge in [-0.2, -0.15) is 4.39 Å². The maximum atomic E-state index is 13.4. The van der Waals surface area contributed by atoms with Gasteiger partial charge in [0.05, 0.1) is 11.0 Å². The number of allylic oxidation sites excluding steroid dienone is 2. The van der Waals surface area contributed by atoms with Crippen LogP contribution in [0, 0.1) is 15.9 Å². The molecule has 1 aliphatic rings. The number of hydrogen-bond donors (Lipinski definition) is 1. The first kappa shape index (κ1) is 18.6. The van der Waals surface area contributed by atoms with Gasteiger partial charge in [-0.1, -0.05) is 6.08 Å². The summed E-state index contributed by atoms with van der Waals surface area (Å²) in [6.45, 7) is 4.68. The van der Waals surface area contributed by atoms with Crippen molar-refractivity contribution in [3.05, 3.63) is 51.5 Å². The van der Waals surface area contributed by atoms with Crippen molar-refractivity contribution in [1.82, 2.24) is 4.90 Å². The second-order valence-corrected chi connectivity index (χ2v) is 5.02. The molecule has 23 heavy (non-hydrogen) atoms. The van der Waals surface area contributed by atoms with Gasteiger partial charge in [0.2, 0.25) is 5.82 Å². The molecule has 0 radical (unpaired) electrons. The molecule has 0 bridgehead atoms. The molecule has 0 unspecified atom stereocenters. The van der Waals surface area contributed by atoms with E-state index in [-0.39, 0.29) is 17.6 Å². The third kappa shape index (κ3) is 5.03. The Bertz CT molecular complexity index is 609. The summed E-state index contributed by atoms with van der Waals surface area (Å²) in [6, 6.07) is 3.14. The molecule has 2 N–H and O–H groups in total. The van der Waals surface area contributed by atoms with Gasteiger partial charge in [-0.3, -0.25) is 14.9 Å². The van der Waals surface area contributed by atoms with Crippen LogP contribution in [0.4, 0.5) is 10.1 Å². The van der Waals surface area contributed by atoms with Crippen LogP contribution < -0.4 is 5.73 Å². The van der Waals surface area contributed by atoms with Crippen molar-refractivity contribution >= 4 is 11.6 Å². The first-order valence-electron chi connectivity index (χ1n) is 6.94. The van der Waals surface area contributed by atoms with Crippen LogP contribution in [0.2, 0.25) is 0 Å². The third-order valence-corrected chi connectivity index (χ3v) is 3.32. The highest BCUT2D eigenvalue weighted by Gasteiger charge is 2.31. The average molecular weight is 325 g/mol. The Labute approximate surface area is 133 Å². The molecule has 0 saturated carbocycles. The Morgan fingerprint density at radius 2 is 2.09 bits per heavy atom. The fourth-order valence-electron chi connectivity index (χ4n) is 1.72. The van der Waals surface area contributed by atoms with Crippen molar-refractivity contribution in [3.63, 3.8) is 0 Å². The summed E-state index contributed by atoms with van der Waals surface area (Å²) < 4.78 is 18.4. The van der Waals surface area contributed by atoms with Gasteiger partial charge in [0.1, 0.15) is 0 Å². The second kappa shape index (κ2) is 8.23.